The summed E-state index contributed by atoms with van der Waals surface area (Å²) in [5.41, 5.74) is 0.514. The van der Waals surface area contributed by atoms with Crippen molar-refractivity contribution in [2.45, 2.75) is 37.6 Å². The van der Waals surface area contributed by atoms with Crippen LogP contribution in [0.2, 0.25) is 0 Å². The topological polar surface area (TPSA) is 61.8 Å². The summed E-state index contributed by atoms with van der Waals surface area (Å²) in [5, 5.41) is 3.35. The minimum Gasteiger partial charge on any atom is -0.310 e. The van der Waals surface area contributed by atoms with Crippen molar-refractivity contribution in [3.63, 3.8) is 0 Å². The minimum absolute atomic E-state index is 0.00853. The average molecular weight is 295 g/mol. The Morgan fingerprint density at radius 2 is 2.00 bits per heavy atom. The van der Waals surface area contributed by atoms with Crippen molar-refractivity contribution in [2.24, 2.45) is 4.99 Å². The fraction of sp³-hybridized carbons (Fsp3) is 0.500. The zero-order chi connectivity index (χ0) is 14.8. The molecule has 1 aliphatic rings. The van der Waals surface area contributed by atoms with E-state index in [1.165, 1.54) is 10.6 Å². The van der Waals surface area contributed by atoms with E-state index in [-0.39, 0.29) is 10.4 Å². The van der Waals surface area contributed by atoms with Crippen molar-refractivity contribution in [3.05, 3.63) is 24.3 Å². The van der Waals surface area contributed by atoms with Gasteiger partial charge in [-0.2, -0.15) is 0 Å². The van der Waals surface area contributed by atoms with E-state index in [4.69, 9.17) is 0 Å². The summed E-state index contributed by atoms with van der Waals surface area (Å²) in [7, 11) is -3.46. The molecule has 0 amide bonds. The first-order valence-corrected chi connectivity index (χ1v) is 8.21. The highest BCUT2D eigenvalue weighted by Crippen LogP contribution is 2.29. The Morgan fingerprint density at radius 3 is 2.70 bits per heavy atom. The van der Waals surface area contributed by atoms with Gasteiger partial charge in [-0.25, -0.2) is 13.4 Å². The van der Waals surface area contributed by atoms with E-state index in [9.17, 15) is 8.42 Å². The minimum atomic E-state index is -3.46. The molecule has 0 bridgehead atoms. The number of sulfonamides is 1. The summed E-state index contributed by atoms with van der Waals surface area (Å²) in [6, 6.07) is 6.80. The van der Waals surface area contributed by atoms with Crippen LogP contribution in [-0.2, 0) is 10.0 Å². The van der Waals surface area contributed by atoms with E-state index in [0.717, 1.165) is 6.42 Å². The summed E-state index contributed by atoms with van der Waals surface area (Å²) in [6.07, 6.45) is 2.38. The molecule has 0 atom stereocenters. The third-order valence-corrected chi connectivity index (χ3v) is 5.39. The molecule has 0 fully saturated rings. The van der Waals surface area contributed by atoms with Crippen LogP contribution in [0, 0.1) is 0 Å². The molecule has 1 aromatic rings. The smallest absolute Gasteiger partial charge is 0.267 e. The molecule has 1 aliphatic heterocycles. The Kier molecular flexibility index (Phi) is 4.15. The van der Waals surface area contributed by atoms with Crippen LogP contribution in [-0.4, -0.2) is 37.7 Å². The Labute approximate surface area is 120 Å². The largest absolute Gasteiger partial charge is 0.310 e. The predicted octanol–water partition coefficient (Wildman–Crippen LogP) is 2.13. The molecule has 5 nitrogen and oxygen atoms in total. The van der Waals surface area contributed by atoms with E-state index in [1.54, 1.807) is 24.3 Å². The van der Waals surface area contributed by atoms with Crippen LogP contribution in [0.15, 0.2) is 34.2 Å². The van der Waals surface area contributed by atoms with E-state index < -0.39 is 10.0 Å². The summed E-state index contributed by atoms with van der Waals surface area (Å²) >= 11 is 0. The summed E-state index contributed by atoms with van der Waals surface area (Å²) < 4.78 is 26.2. The fourth-order valence-electron chi connectivity index (χ4n) is 1.90. The number of hydrogen-bond donors (Lipinski definition) is 1. The predicted molar refractivity (Wildman–Crippen MR) is 80.9 cm³/mol. The van der Waals surface area contributed by atoms with Gasteiger partial charge in [-0.05, 0) is 32.4 Å². The average Bonchev–Trinajstić information content (AvgIpc) is 2.41. The molecule has 1 aromatic carbocycles. The Morgan fingerprint density at radius 1 is 1.30 bits per heavy atom. The SMILES string of the molecule is CCC(C)(C)NCCN1C=Nc2ccccc2S1(=O)=O. The van der Waals surface area contributed by atoms with Gasteiger partial charge < -0.3 is 5.32 Å². The van der Waals surface area contributed by atoms with Crippen molar-refractivity contribution in [3.8, 4) is 0 Å². The molecule has 2 rings (SSSR count). The van der Waals surface area contributed by atoms with Gasteiger partial charge in [0.05, 0.1) is 5.69 Å². The molecule has 0 saturated carbocycles. The number of aliphatic imine (C=N–C) groups is 1. The third kappa shape index (κ3) is 3.02. The lowest BCUT2D eigenvalue weighted by atomic mass is 10.0. The number of rotatable bonds is 5. The highest BCUT2D eigenvalue weighted by molar-refractivity contribution is 7.89. The second-order valence-electron chi connectivity index (χ2n) is 5.49. The highest BCUT2D eigenvalue weighted by atomic mass is 32.2. The molecule has 0 aromatic heterocycles. The highest BCUT2D eigenvalue weighted by Gasteiger charge is 2.28. The first-order chi connectivity index (χ1) is 9.37. The van der Waals surface area contributed by atoms with Crippen molar-refractivity contribution in [2.75, 3.05) is 13.1 Å². The molecule has 0 radical (unpaired) electrons. The summed E-state index contributed by atoms with van der Waals surface area (Å²) in [5.74, 6) is 0. The van der Waals surface area contributed by atoms with Gasteiger partial charge in [0.15, 0.2) is 0 Å². The van der Waals surface area contributed by atoms with Crippen LogP contribution in [0.4, 0.5) is 5.69 Å². The number of nitrogens with zero attached hydrogens (tertiary/aromatic N) is 2. The zero-order valence-corrected chi connectivity index (χ0v) is 12.9. The zero-order valence-electron chi connectivity index (χ0n) is 12.1. The van der Waals surface area contributed by atoms with Gasteiger partial charge in [-0.15, -0.1) is 0 Å². The van der Waals surface area contributed by atoms with Crippen molar-refractivity contribution >= 4 is 22.0 Å². The summed E-state index contributed by atoms with van der Waals surface area (Å²) in [6.45, 7) is 7.27. The normalized spacial score (nSPS) is 17.1. The maximum Gasteiger partial charge on any atom is 0.267 e. The summed E-state index contributed by atoms with van der Waals surface area (Å²) in [4.78, 5) is 4.47. The van der Waals surface area contributed by atoms with Crippen molar-refractivity contribution in [1.29, 1.82) is 0 Å². The van der Waals surface area contributed by atoms with Crippen LogP contribution in [0.5, 0.6) is 0 Å². The van der Waals surface area contributed by atoms with E-state index in [2.05, 4.69) is 31.1 Å². The molecule has 1 heterocycles. The molecular weight excluding hydrogens is 274 g/mol. The third-order valence-electron chi connectivity index (χ3n) is 3.60. The number of para-hydroxylation sites is 1. The molecular formula is C14H21N3O2S. The Hall–Kier alpha value is -1.40. The van der Waals surface area contributed by atoms with Crippen molar-refractivity contribution in [1.82, 2.24) is 9.62 Å². The lowest BCUT2D eigenvalue weighted by Gasteiger charge is -2.28. The quantitative estimate of drug-likeness (QED) is 0.905. The van der Waals surface area contributed by atoms with Gasteiger partial charge in [0.1, 0.15) is 11.2 Å². The monoisotopic (exact) mass is 295 g/mol. The van der Waals surface area contributed by atoms with Crippen LogP contribution in [0.25, 0.3) is 0 Å². The molecule has 20 heavy (non-hydrogen) atoms. The molecule has 0 spiro atoms. The maximum absolute atomic E-state index is 12.4. The van der Waals surface area contributed by atoms with E-state index in [0.29, 0.717) is 18.8 Å². The van der Waals surface area contributed by atoms with Crippen LogP contribution in [0.1, 0.15) is 27.2 Å². The fourth-order valence-corrected chi connectivity index (χ4v) is 3.30. The van der Waals surface area contributed by atoms with Gasteiger partial charge in [-0.3, -0.25) is 4.31 Å². The lowest BCUT2D eigenvalue weighted by molar-refractivity contribution is 0.367. The van der Waals surface area contributed by atoms with Crippen LogP contribution < -0.4 is 5.32 Å². The number of fused-ring (bicyclic) bond motifs is 1. The maximum atomic E-state index is 12.4. The Balaban J connectivity index is 2.09. The second kappa shape index (κ2) is 5.54. The lowest BCUT2D eigenvalue weighted by Crippen LogP contribution is -2.44. The Bertz CT molecular complexity index is 609. The first kappa shape index (κ1) is 15.0. The molecule has 6 heteroatoms. The molecule has 0 saturated heterocycles. The van der Waals surface area contributed by atoms with Gasteiger partial charge in [0.25, 0.3) is 10.0 Å². The van der Waals surface area contributed by atoms with E-state index in [1.807, 2.05) is 0 Å². The molecule has 110 valence electrons. The van der Waals surface area contributed by atoms with Gasteiger partial charge in [0.2, 0.25) is 0 Å². The number of benzene rings is 1. The molecule has 1 N–H and O–H groups in total. The second-order valence-corrected chi connectivity index (χ2v) is 7.35. The number of hydrogen-bond acceptors (Lipinski definition) is 4. The standard InChI is InChI=1S/C14H21N3O2S/c1-4-14(2,3)16-9-10-17-11-15-12-7-5-6-8-13(12)20(17,18)19/h5-8,11,16H,4,9-10H2,1-3H3. The van der Waals surface area contributed by atoms with Crippen LogP contribution in [0.3, 0.4) is 0 Å². The number of nitrogens with one attached hydrogen (secondary N) is 1. The van der Waals surface area contributed by atoms with E-state index >= 15 is 0 Å². The van der Waals surface area contributed by atoms with Gasteiger partial charge in [-0.1, -0.05) is 19.1 Å². The van der Waals surface area contributed by atoms with Gasteiger partial charge >= 0.3 is 0 Å². The van der Waals surface area contributed by atoms with Crippen molar-refractivity contribution < 1.29 is 8.42 Å². The molecule has 0 unspecified atom stereocenters. The van der Waals surface area contributed by atoms with Gasteiger partial charge in [0, 0.05) is 18.6 Å². The van der Waals surface area contributed by atoms with Crippen LogP contribution >= 0.6 is 0 Å². The first-order valence-electron chi connectivity index (χ1n) is 6.77. The molecule has 0 aliphatic carbocycles.